The van der Waals surface area contributed by atoms with Gasteiger partial charge in [0.15, 0.2) is 54.6 Å². The van der Waals surface area contributed by atoms with E-state index < -0.39 is 100.0 Å². The van der Waals surface area contributed by atoms with E-state index in [9.17, 15) is 79.2 Å². The van der Waals surface area contributed by atoms with Crippen molar-refractivity contribution in [3.05, 3.63) is 178 Å². The van der Waals surface area contributed by atoms with Gasteiger partial charge in [-0.1, -0.05) is 18.2 Å². The average molecular weight is 1490 g/mol. The molecule has 12 atom stereocenters. The zero-order chi connectivity index (χ0) is 73.7. The van der Waals surface area contributed by atoms with E-state index in [1.807, 2.05) is 17.9 Å². The lowest BCUT2D eigenvalue weighted by Gasteiger charge is -2.41. The van der Waals surface area contributed by atoms with Crippen molar-refractivity contribution >= 4 is 47.2 Å². The molecule has 3 amide bonds. The Morgan fingerprint density at radius 1 is 0.431 bits per heavy atom. The Bertz CT molecular complexity index is 4360. The first kappa shape index (κ1) is 77.1. The third kappa shape index (κ3) is 18.3. The Morgan fingerprint density at radius 3 is 1.06 bits per heavy atom. The highest BCUT2D eigenvalue weighted by molar-refractivity contribution is 7.92. The Morgan fingerprint density at radius 2 is 0.735 bits per heavy atom. The van der Waals surface area contributed by atoms with Crippen LogP contribution in [0.3, 0.4) is 0 Å². The van der Waals surface area contributed by atoms with E-state index in [0.29, 0.717) is 62.5 Å². The summed E-state index contributed by atoms with van der Waals surface area (Å²) in [7, 11) is -9.52. The molecular weight excluding hydrogens is 1400 g/mol. The van der Waals surface area contributed by atoms with Crippen LogP contribution in [0.4, 0.5) is 39.5 Å². The van der Waals surface area contributed by atoms with Gasteiger partial charge in [0, 0.05) is 104 Å². The third-order valence-corrected chi connectivity index (χ3v) is 25.9. The lowest BCUT2D eigenvalue weighted by atomic mass is 9.82. The van der Waals surface area contributed by atoms with Crippen LogP contribution in [-0.2, 0) is 63.2 Å². The Balaban J connectivity index is 0.000000165. The first-order chi connectivity index (χ1) is 48.3. The van der Waals surface area contributed by atoms with Crippen LogP contribution in [0.5, 0.6) is 5.75 Å². The second kappa shape index (κ2) is 32.7. The molecule has 5 aromatic carbocycles. The highest BCUT2D eigenvalue weighted by atomic mass is 32.2. The van der Waals surface area contributed by atoms with Gasteiger partial charge in [-0.2, -0.15) is 0 Å². The summed E-state index contributed by atoms with van der Waals surface area (Å²) < 4.78 is 203. The molecule has 30 heteroatoms. The number of aryl methyl sites for hydroxylation is 1. The number of rotatable bonds is 22. The molecule has 0 aliphatic carbocycles. The van der Waals surface area contributed by atoms with Gasteiger partial charge < -0.3 is 36.6 Å². The van der Waals surface area contributed by atoms with E-state index in [2.05, 4.69) is 9.97 Å². The normalized spacial score (nSPS) is 23.2. The number of methoxy groups -OCH3 is 1. The van der Waals surface area contributed by atoms with E-state index in [1.54, 1.807) is 40.1 Å². The summed E-state index contributed by atoms with van der Waals surface area (Å²) >= 11 is 0. The number of amides is 3. The predicted octanol–water partition coefficient (Wildman–Crippen LogP) is 9.93. The summed E-state index contributed by atoms with van der Waals surface area (Å²) in [6, 6.07) is 16.7. The van der Waals surface area contributed by atoms with Gasteiger partial charge in [-0.3, -0.25) is 14.4 Å². The minimum absolute atomic E-state index is 0.00471. The van der Waals surface area contributed by atoms with Crippen LogP contribution in [0, 0.1) is 77.0 Å². The van der Waals surface area contributed by atoms with Crippen molar-refractivity contribution in [2.75, 3.05) is 24.4 Å². The Hall–Kier alpha value is -7.51. The van der Waals surface area contributed by atoms with Crippen molar-refractivity contribution in [2.45, 2.75) is 192 Å². The first-order valence-corrected chi connectivity index (χ1v) is 39.0. The fraction of sp³-hybridized carbons (Fsp3) is 0.486. The van der Waals surface area contributed by atoms with E-state index >= 15 is 0 Å². The topological polar surface area (TPSA) is 276 Å². The Kier molecular flexibility index (Phi) is 24.7. The van der Waals surface area contributed by atoms with Crippen LogP contribution < -0.4 is 21.9 Å². The van der Waals surface area contributed by atoms with E-state index in [-0.39, 0.29) is 159 Å². The maximum atomic E-state index is 14.1. The average Bonchev–Trinajstić information content (AvgIpc) is 1.62. The molecule has 3 unspecified atom stereocenters. The second-order valence-electron chi connectivity index (χ2n) is 27.7. The molecule has 18 nitrogen and oxygen atoms in total. The zero-order valence-electron chi connectivity index (χ0n) is 56.3. The number of nitrogens with two attached hydrogens (primary N) is 3. The minimum Gasteiger partial charge on any atom is -0.497 e. The molecule has 0 spiro atoms. The van der Waals surface area contributed by atoms with Crippen LogP contribution in [0.1, 0.15) is 119 Å². The van der Waals surface area contributed by atoms with Gasteiger partial charge in [0.1, 0.15) is 23.2 Å². The highest BCUT2D eigenvalue weighted by Crippen LogP contribution is 2.44. The largest absolute Gasteiger partial charge is 0.497 e. The van der Waals surface area contributed by atoms with Crippen molar-refractivity contribution in [1.29, 1.82) is 0 Å². The van der Waals surface area contributed by atoms with Crippen molar-refractivity contribution in [2.24, 2.45) is 35.0 Å². The summed E-state index contributed by atoms with van der Waals surface area (Å²) in [6.07, 6.45) is 11.0. The molecule has 1 aromatic heterocycles. The number of sulfone groups is 3. The molecular formula is C72H83F9N8O10S3. The summed E-state index contributed by atoms with van der Waals surface area (Å²) in [4.78, 5) is 52.1. The van der Waals surface area contributed by atoms with Crippen molar-refractivity contribution < 1.29 is 83.9 Å². The molecule has 7 heterocycles. The monoisotopic (exact) mass is 1490 g/mol. The molecule has 6 aliphatic rings. The van der Waals surface area contributed by atoms with Gasteiger partial charge in [0.05, 0.1) is 34.2 Å². The molecule has 6 saturated heterocycles. The minimum atomic E-state index is -3.76. The lowest BCUT2D eigenvalue weighted by molar-refractivity contribution is -0.137. The number of hydrogen-bond donors (Lipinski definition) is 3. The number of aromatic nitrogens is 2. The van der Waals surface area contributed by atoms with Gasteiger partial charge in [-0.05, 0) is 198 Å². The van der Waals surface area contributed by atoms with E-state index in [4.69, 9.17) is 21.9 Å². The number of piperidine rings is 3. The van der Waals surface area contributed by atoms with Gasteiger partial charge in [-0.15, -0.1) is 0 Å². The van der Waals surface area contributed by atoms with Gasteiger partial charge in [0.2, 0.25) is 32.7 Å². The van der Waals surface area contributed by atoms with Crippen molar-refractivity contribution in [1.82, 2.24) is 24.7 Å². The summed E-state index contributed by atoms with van der Waals surface area (Å²) in [5, 5.41) is -0.296. The van der Waals surface area contributed by atoms with Gasteiger partial charge >= 0.3 is 0 Å². The van der Waals surface area contributed by atoms with Crippen LogP contribution in [0.2, 0.25) is 0 Å². The SMILES string of the molecule is COc1cccc(S(=O)(=O)CCC(=O)N2[C@@H]3CC[C@H]2CC([C@H](N)Cc2cc(F)c(F)cc2F)C3)c1.Cc1cccc(S(=O)(=O)CCC(=O)N2[C@@H]3CC[C@H]2CC([C@H](N)Cc2cc(F)c(F)cc2F)C3)c1.N[C@H](Cc1cc(F)c(F)cc1F)C1C[C@H]2CC[C@@H](C1)N2C(=O)CCS(=O)(=O)c1ncccn1. The van der Waals surface area contributed by atoms with Gasteiger partial charge in [0.25, 0.3) is 0 Å². The number of halogens is 9. The van der Waals surface area contributed by atoms with E-state index in [0.717, 1.165) is 62.3 Å². The number of fused-ring (bicyclic) bond motifs is 6. The molecule has 6 N–H and O–H groups in total. The lowest BCUT2D eigenvalue weighted by Crippen LogP contribution is -2.50. The molecule has 6 bridgehead atoms. The van der Waals surface area contributed by atoms with E-state index in [1.165, 1.54) is 37.7 Å². The highest BCUT2D eigenvalue weighted by Gasteiger charge is 2.48. The number of benzene rings is 5. The molecule has 12 rings (SSSR count). The number of hydrogen-bond acceptors (Lipinski definition) is 15. The molecule has 0 saturated carbocycles. The van der Waals surface area contributed by atoms with Crippen molar-refractivity contribution in [3.63, 3.8) is 0 Å². The first-order valence-electron chi connectivity index (χ1n) is 34.1. The van der Waals surface area contributed by atoms with Crippen LogP contribution in [0.15, 0.2) is 118 Å². The van der Waals surface area contributed by atoms with Crippen molar-refractivity contribution in [3.8, 4) is 5.75 Å². The fourth-order valence-corrected chi connectivity index (χ4v) is 19.4. The number of nitrogens with zero attached hydrogens (tertiary/aromatic N) is 5. The molecule has 102 heavy (non-hydrogen) atoms. The maximum Gasteiger partial charge on any atom is 0.247 e. The summed E-state index contributed by atoms with van der Waals surface area (Å²) in [5.74, 6) is -10.6. The summed E-state index contributed by atoms with van der Waals surface area (Å²) in [6.45, 7) is 1.82. The second-order valence-corrected chi connectivity index (χ2v) is 33.9. The predicted molar refractivity (Wildman–Crippen MR) is 359 cm³/mol. The molecule has 6 fully saturated rings. The third-order valence-electron chi connectivity index (χ3n) is 20.9. The molecule has 0 radical (unpaired) electrons. The number of carbonyl (C=O) groups is 3. The van der Waals surface area contributed by atoms with Gasteiger partial charge in [-0.25, -0.2) is 74.7 Å². The molecule has 552 valence electrons. The quantitative estimate of drug-likeness (QED) is 0.0324. The van der Waals surface area contributed by atoms with Crippen LogP contribution >= 0.6 is 0 Å². The fourth-order valence-electron chi connectivity index (χ4n) is 15.8. The maximum absolute atomic E-state index is 14.1. The smallest absolute Gasteiger partial charge is 0.247 e. The molecule has 6 aromatic rings. The number of ether oxygens (including phenoxy) is 1. The van der Waals surface area contributed by atoms with Crippen LogP contribution in [0.25, 0.3) is 0 Å². The molecule has 6 aliphatic heterocycles. The van der Waals surface area contributed by atoms with Crippen LogP contribution in [-0.4, -0.2) is 146 Å². The standard InChI is InChI=1S/C25H29F3N2O4S.C25H29F3N2O3S.C22H25F3N4O3S/c1-34-19-3-2-4-20(13-19)35(32,33)8-7-25(31)30-17-5-6-18(30)10-16(9-17)24(29)12-15-11-22(27)23(28)14-21(15)26;1-15-3-2-4-20(9-15)34(32,33)8-7-25(31)30-18-5-6-19(30)11-17(10-18)24(29)13-16-12-22(27)23(28)14-21(16)26;23-17-12-19(25)18(24)10-13(17)11-20(26)14-8-15-2-3-16(9-14)29(15)21(30)4-7-33(31,32)22-27-5-1-6-28-22/h2-4,11,13-14,16-18,24H,5-10,12,29H2,1H3;2-4,9,12,14,17-19,24H,5-8,10-11,13,29H2,1H3;1,5-6,10,12,14-16,20H,2-4,7-9,11,26H2/t16?,17-,18+,24-;17?,18-,19+,24-;14?,15-,16+,20-/m111/s1. The Labute approximate surface area is 587 Å². The zero-order valence-corrected chi connectivity index (χ0v) is 58.7. The number of carbonyl (C=O) groups excluding carboxylic acids is 3. The summed E-state index contributed by atoms with van der Waals surface area (Å²) in [5.41, 5.74) is 19.9.